The summed E-state index contributed by atoms with van der Waals surface area (Å²) in [5, 5.41) is 2.93. The number of nitrogens with zero attached hydrogens (tertiary/aromatic N) is 3. The minimum atomic E-state index is -0.937. The number of imide groups is 1. The van der Waals surface area contributed by atoms with Gasteiger partial charge in [0.2, 0.25) is 0 Å². The summed E-state index contributed by atoms with van der Waals surface area (Å²) in [4.78, 5) is 38.8. The maximum atomic E-state index is 13.2. The molecule has 26 heavy (non-hydrogen) atoms. The van der Waals surface area contributed by atoms with Crippen molar-refractivity contribution in [3.63, 3.8) is 0 Å². The van der Waals surface area contributed by atoms with Gasteiger partial charge < -0.3 is 10.3 Å². The van der Waals surface area contributed by atoms with Crippen LogP contribution >= 0.6 is 0 Å². The summed E-state index contributed by atoms with van der Waals surface area (Å²) in [6.45, 7) is 2.06. The van der Waals surface area contributed by atoms with Gasteiger partial charge in [-0.25, -0.2) is 14.8 Å². The fourth-order valence-electron chi connectivity index (χ4n) is 4.04. The van der Waals surface area contributed by atoms with Gasteiger partial charge in [0, 0.05) is 6.20 Å². The number of rotatable bonds is 2. The van der Waals surface area contributed by atoms with Crippen LogP contribution in [0.2, 0.25) is 0 Å². The van der Waals surface area contributed by atoms with Gasteiger partial charge in [-0.3, -0.25) is 9.69 Å². The third kappa shape index (κ3) is 1.94. The summed E-state index contributed by atoms with van der Waals surface area (Å²) in [5.41, 5.74) is 3.53. The Morgan fingerprint density at radius 2 is 2.08 bits per heavy atom. The fourth-order valence-corrected chi connectivity index (χ4v) is 4.04. The van der Waals surface area contributed by atoms with Crippen LogP contribution in [0.3, 0.4) is 0 Å². The van der Waals surface area contributed by atoms with Crippen molar-refractivity contribution in [3.05, 3.63) is 59.0 Å². The van der Waals surface area contributed by atoms with Gasteiger partial charge in [-0.1, -0.05) is 24.3 Å². The lowest BCUT2D eigenvalue weighted by atomic mass is 9.92. The number of benzene rings is 1. The van der Waals surface area contributed by atoms with Gasteiger partial charge in [-0.15, -0.1) is 0 Å². The van der Waals surface area contributed by atoms with E-state index in [1.54, 1.807) is 6.20 Å². The summed E-state index contributed by atoms with van der Waals surface area (Å²) >= 11 is 0. The van der Waals surface area contributed by atoms with Crippen LogP contribution in [0.4, 0.5) is 4.79 Å². The SMILES string of the molecule is Cc1ccnc2nc(CN3C(=O)NC4(CCc5ccccc54)C3=O)[nH]c12. The number of aromatic nitrogens is 3. The van der Waals surface area contributed by atoms with E-state index in [-0.39, 0.29) is 18.5 Å². The van der Waals surface area contributed by atoms with E-state index < -0.39 is 5.54 Å². The third-order valence-electron chi connectivity index (χ3n) is 5.38. The zero-order chi connectivity index (χ0) is 17.9. The van der Waals surface area contributed by atoms with Gasteiger partial charge in [0.15, 0.2) is 5.65 Å². The minimum Gasteiger partial charge on any atom is -0.339 e. The average molecular weight is 347 g/mol. The minimum absolute atomic E-state index is 0.102. The van der Waals surface area contributed by atoms with E-state index in [2.05, 4.69) is 20.3 Å². The molecule has 2 aromatic heterocycles. The number of aromatic amines is 1. The number of hydrogen-bond donors (Lipinski definition) is 2. The molecule has 2 aliphatic rings. The lowest BCUT2D eigenvalue weighted by Gasteiger charge is -2.22. The van der Waals surface area contributed by atoms with Crippen molar-refractivity contribution in [1.82, 2.24) is 25.2 Å². The largest absolute Gasteiger partial charge is 0.339 e. The Morgan fingerprint density at radius 1 is 1.23 bits per heavy atom. The molecule has 5 rings (SSSR count). The first-order chi connectivity index (χ1) is 12.6. The molecule has 2 N–H and O–H groups in total. The summed E-state index contributed by atoms with van der Waals surface area (Å²) in [7, 11) is 0. The molecule has 0 radical (unpaired) electrons. The van der Waals surface area contributed by atoms with Crippen molar-refractivity contribution < 1.29 is 9.59 Å². The molecular weight excluding hydrogens is 330 g/mol. The van der Waals surface area contributed by atoms with Crippen LogP contribution in [0.1, 0.15) is 28.9 Å². The van der Waals surface area contributed by atoms with Crippen molar-refractivity contribution >= 4 is 23.1 Å². The number of H-pyrrole nitrogens is 1. The van der Waals surface area contributed by atoms with Gasteiger partial charge in [0.25, 0.3) is 5.91 Å². The number of nitrogens with one attached hydrogen (secondary N) is 2. The van der Waals surface area contributed by atoms with Crippen LogP contribution in [0.5, 0.6) is 0 Å². The molecule has 1 spiro atoms. The van der Waals surface area contributed by atoms with E-state index in [0.717, 1.165) is 28.6 Å². The molecule has 3 heterocycles. The van der Waals surface area contributed by atoms with Gasteiger partial charge in [0.05, 0.1) is 12.1 Å². The Labute approximate surface area is 149 Å². The number of carbonyl (C=O) groups is 2. The van der Waals surface area contributed by atoms with Crippen LogP contribution in [0.15, 0.2) is 36.5 Å². The number of imidazole rings is 1. The number of amides is 3. The first-order valence-electron chi connectivity index (χ1n) is 8.61. The van der Waals surface area contributed by atoms with Gasteiger partial charge in [-0.2, -0.15) is 0 Å². The van der Waals surface area contributed by atoms with Crippen molar-refractivity contribution in [2.45, 2.75) is 31.8 Å². The average Bonchev–Trinajstić information content (AvgIpc) is 3.28. The van der Waals surface area contributed by atoms with E-state index in [0.29, 0.717) is 17.9 Å². The summed E-state index contributed by atoms with van der Waals surface area (Å²) < 4.78 is 0. The lowest BCUT2D eigenvalue weighted by molar-refractivity contribution is -0.132. The molecule has 1 unspecified atom stereocenters. The van der Waals surface area contributed by atoms with Crippen LogP contribution in [-0.4, -0.2) is 31.8 Å². The highest BCUT2D eigenvalue weighted by Crippen LogP contribution is 2.41. The zero-order valence-corrected chi connectivity index (χ0v) is 14.2. The first kappa shape index (κ1) is 15.1. The van der Waals surface area contributed by atoms with Gasteiger partial charge in [0.1, 0.15) is 11.4 Å². The summed E-state index contributed by atoms with van der Waals surface area (Å²) in [6.07, 6.45) is 3.07. The van der Waals surface area contributed by atoms with Gasteiger partial charge >= 0.3 is 6.03 Å². The van der Waals surface area contributed by atoms with Crippen molar-refractivity contribution in [1.29, 1.82) is 0 Å². The molecule has 1 aliphatic heterocycles. The van der Waals surface area contributed by atoms with E-state index in [1.165, 1.54) is 4.90 Å². The van der Waals surface area contributed by atoms with E-state index in [9.17, 15) is 9.59 Å². The second kappa shape index (κ2) is 5.14. The Hall–Kier alpha value is -3.22. The van der Waals surface area contributed by atoms with Crippen molar-refractivity contribution in [3.8, 4) is 0 Å². The predicted octanol–water partition coefficient (Wildman–Crippen LogP) is 2.16. The Bertz CT molecular complexity index is 1070. The molecule has 1 atom stereocenters. The third-order valence-corrected chi connectivity index (χ3v) is 5.38. The highest BCUT2D eigenvalue weighted by molar-refractivity contribution is 6.08. The Balaban J connectivity index is 1.50. The van der Waals surface area contributed by atoms with Crippen molar-refractivity contribution in [2.24, 2.45) is 0 Å². The molecule has 3 amide bonds. The molecular formula is C19H17N5O2. The normalized spacial score (nSPS) is 21.7. The Morgan fingerprint density at radius 3 is 2.92 bits per heavy atom. The van der Waals surface area contributed by atoms with Crippen LogP contribution in [0, 0.1) is 6.92 Å². The standard InChI is InChI=1S/C19H17N5O2/c1-11-7-9-20-16-15(11)21-14(22-16)10-24-17(25)19(23-18(24)26)8-6-12-4-2-3-5-13(12)19/h2-5,7,9H,6,8,10H2,1H3,(H,23,26)(H,20,21,22). The number of aryl methyl sites for hydroxylation is 2. The maximum Gasteiger partial charge on any atom is 0.325 e. The lowest BCUT2D eigenvalue weighted by Crippen LogP contribution is -2.41. The number of pyridine rings is 1. The molecule has 1 aliphatic carbocycles. The topological polar surface area (TPSA) is 91.0 Å². The predicted molar refractivity (Wildman–Crippen MR) is 94.1 cm³/mol. The van der Waals surface area contributed by atoms with Crippen LogP contribution in [-0.2, 0) is 23.3 Å². The second-order valence-electron chi connectivity index (χ2n) is 6.89. The first-order valence-corrected chi connectivity index (χ1v) is 8.61. The van der Waals surface area contributed by atoms with Crippen molar-refractivity contribution in [2.75, 3.05) is 0 Å². The Kier molecular flexibility index (Phi) is 2.98. The highest BCUT2D eigenvalue weighted by Gasteiger charge is 2.55. The highest BCUT2D eigenvalue weighted by atomic mass is 16.2. The second-order valence-corrected chi connectivity index (χ2v) is 6.89. The summed E-state index contributed by atoms with van der Waals surface area (Å²) in [5.74, 6) is 0.339. The fraction of sp³-hybridized carbons (Fsp3) is 0.263. The van der Waals surface area contributed by atoms with E-state index in [1.807, 2.05) is 37.3 Å². The quantitative estimate of drug-likeness (QED) is 0.695. The molecule has 0 saturated carbocycles. The molecule has 130 valence electrons. The number of urea groups is 1. The molecule has 7 nitrogen and oxygen atoms in total. The number of carbonyl (C=O) groups excluding carboxylic acids is 2. The molecule has 1 saturated heterocycles. The number of hydrogen-bond acceptors (Lipinski definition) is 4. The smallest absolute Gasteiger partial charge is 0.325 e. The molecule has 1 aromatic carbocycles. The monoisotopic (exact) mass is 347 g/mol. The molecule has 1 fully saturated rings. The maximum absolute atomic E-state index is 13.2. The van der Waals surface area contributed by atoms with Gasteiger partial charge in [-0.05, 0) is 42.5 Å². The number of fused-ring (bicyclic) bond motifs is 3. The van der Waals surface area contributed by atoms with Crippen LogP contribution < -0.4 is 5.32 Å². The molecule has 3 aromatic rings. The molecule has 7 heteroatoms. The van der Waals surface area contributed by atoms with Crippen LogP contribution in [0.25, 0.3) is 11.2 Å². The molecule has 0 bridgehead atoms. The summed E-state index contributed by atoms with van der Waals surface area (Å²) in [6, 6.07) is 9.32. The zero-order valence-electron chi connectivity index (χ0n) is 14.2. The van der Waals surface area contributed by atoms with E-state index >= 15 is 0 Å². The van der Waals surface area contributed by atoms with E-state index in [4.69, 9.17) is 0 Å².